The van der Waals surface area contributed by atoms with Crippen molar-refractivity contribution in [3.05, 3.63) is 67.1 Å². The third-order valence-electron chi connectivity index (χ3n) is 2.99. The zero-order valence-corrected chi connectivity index (χ0v) is 14.2. The van der Waals surface area contributed by atoms with Crippen molar-refractivity contribution in [3.8, 4) is 0 Å². The molecule has 0 aliphatic rings. The molecule has 0 aromatic heterocycles. The largest absolute Gasteiger partial charge is 0.271 e. The molecule has 2 rings (SSSR count). The Morgan fingerprint density at radius 1 is 1.10 bits per heavy atom. The van der Waals surface area contributed by atoms with E-state index in [4.69, 9.17) is 40.6 Å². The summed E-state index contributed by atoms with van der Waals surface area (Å²) in [5.74, 6) is 5.66. The van der Waals surface area contributed by atoms with Crippen LogP contribution in [0.1, 0.15) is 17.2 Å². The van der Waals surface area contributed by atoms with E-state index >= 15 is 0 Å². The van der Waals surface area contributed by atoms with Gasteiger partial charge in [0, 0.05) is 9.50 Å². The summed E-state index contributed by atoms with van der Waals surface area (Å²) in [6, 6.07) is 11.0. The van der Waals surface area contributed by atoms with Gasteiger partial charge >= 0.3 is 0 Å². The average molecular weight is 395 g/mol. The van der Waals surface area contributed by atoms with Gasteiger partial charge in [0.15, 0.2) is 0 Å². The molecule has 0 heterocycles. The molecule has 6 heteroatoms. The minimum Gasteiger partial charge on any atom is -0.271 e. The van der Waals surface area contributed by atoms with Crippen LogP contribution in [0.5, 0.6) is 0 Å². The molecule has 1 atom stereocenters. The van der Waals surface area contributed by atoms with Crippen LogP contribution < -0.4 is 11.3 Å². The molecule has 0 amide bonds. The Morgan fingerprint density at radius 3 is 2.55 bits per heavy atom. The lowest BCUT2D eigenvalue weighted by atomic mass is 9.99. The third kappa shape index (κ3) is 3.67. The Kier molecular flexibility index (Phi) is 5.73. The number of hydrogen-bond donors (Lipinski definition) is 2. The monoisotopic (exact) mass is 392 g/mol. The molecule has 2 nitrogen and oxygen atoms in total. The molecular formula is C14H12BrCl3N2. The molecule has 0 bridgehead atoms. The summed E-state index contributed by atoms with van der Waals surface area (Å²) >= 11 is 21.9. The first-order valence-electron chi connectivity index (χ1n) is 5.87. The van der Waals surface area contributed by atoms with Crippen LogP contribution in [-0.4, -0.2) is 0 Å². The van der Waals surface area contributed by atoms with Gasteiger partial charge < -0.3 is 0 Å². The first kappa shape index (κ1) is 16.1. The number of hydrogen-bond acceptors (Lipinski definition) is 2. The Labute approximate surface area is 141 Å². The molecule has 2 aromatic carbocycles. The number of nitrogens with two attached hydrogens (primary N) is 1. The van der Waals surface area contributed by atoms with E-state index in [1.165, 1.54) is 0 Å². The van der Waals surface area contributed by atoms with E-state index in [1.807, 2.05) is 30.3 Å². The summed E-state index contributed by atoms with van der Waals surface area (Å²) in [5.41, 5.74) is 4.59. The van der Waals surface area contributed by atoms with Crippen LogP contribution >= 0.6 is 50.7 Å². The summed E-state index contributed by atoms with van der Waals surface area (Å²) in [4.78, 5) is 0. The number of halogens is 4. The minimum atomic E-state index is -0.157. The highest BCUT2D eigenvalue weighted by Gasteiger charge is 2.16. The maximum absolute atomic E-state index is 6.23. The van der Waals surface area contributed by atoms with Gasteiger partial charge in [-0.05, 0) is 41.8 Å². The standard InChI is InChI=1S/C14H12BrCl3N2/c15-9-4-5-11(16)10(7-9)13(20-19)6-8-2-1-3-12(17)14(8)18/h1-5,7,13,20H,6,19H2. The van der Waals surface area contributed by atoms with Crippen molar-refractivity contribution in [1.29, 1.82) is 0 Å². The second kappa shape index (κ2) is 7.12. The first-order valence-corrected chi connectivity index (χ1v) is 7.79. The van der Waals surface area contributed by atoms with Crippen LogP contribution in [0.15, 0.2) is 40.9 Å². The van der Waals surface area contributed by atoms with Gasteiger partial charge in [-0.25, -0.2) is 0 Å². The number of nitrogens with one attached hydrogen (secondary N) is 1. The van der Waals surface area contributed by atoms with E-state index in [2.05, 4.69) is 21.4 Å². The lowest BCUT2D eigenvalue weighted by molar-refractivity contribution is 0.552. The predicted octanol–water partition coefficient (Wildman–Crippen LogP) is 5.16. The van der Waals surface area contributed by atoms with Crippen LogP contribution in [0.4, 0.5) is 0 Å². The van der Waals surface area contributed by atoms with Gasteiger partial charge in [-0.15, -0.1) is 0 Å². The van der Waals surface area contributed by atoms with Crippen LogP contribution in [0.3, 0.4) is 0 Å². The maximum atomic E-state index is 6.23. The van der Waals surface area contributed by atoms with Gasteiger partial charge in [-0.1, -0.05) is 62.9 Å². The van der Waals surface area contributed by atoms with Crippen LogP contribution in [-0.2, 0) is 6.42 Å². The fraction of sp³-hybridized carbons (Fsp3) is 0.143. The highest BCUT2D eigenvalue weighted by atomic mass is 79.9. The van der Waals surface area contributed by atoms with Crippen molar-refractivity contribution in [2.45, 2.75) is 12.5 Å². The topological polar surface area (TPSA) is 38.0 Å². The Bertz CT molecular complexity index is 619. The molecule has 0 fully saturated rings. The molecule has 0 aliphatic heterocycles. The molecule has 3 N–H and O–H groups in total. The van der Waals surface area contributed by atoms with Crippen molar-refractivity contribution in [3.63, 3.8) is 0 Å². The summed E-state index contributed by atoms with van der Waals surface area (Å²) in [6.45, 7) is 0. The van der Waals surface area contributed by atoms with Gasteiger partial charge in [-0.3, -0.25) is 11.3 Å². The van der Waals surface area contributed by atoms with Gasteiger partial charge in [0.05, 0.1) is 16.1 Å². The first-order chi connectivity index (χ1) is 9.52. The van der Waals surface area contributed by atoms with Crippen LogP contribution in [0.2, 0.25) is 15.1 Å². The normalized spacial score (nSPS) is 12.4. The van der Waals surface area contributed by atoms with E-state index in [-0.39, 0.29) is 6.04 Å². The zero-order valence-electron chi connectivity index (χ0n) is 10.3. The van der Waals surface area contributed by atoms with E-state index in [9.17, 15) is 0 Å². The molecule has 106 valence electrons. The Morgan fingerprint density at radius 2 is 1.85 bits per heavy atom. The van der Waals surface area contributed by atoms with Crippen molar-refractivity contribution in [2.75, 3.05) is 0 Å². The van der Waals surface area contributed by atoms with Crippen molar-refractivity contribution in [1.82, 2.24) is 5.43 Å². The lowest BCUT2D eigenvalue weighted by Gasteiger charge is -2.19. The fourth-order valence-corrected chi connectivity index (χ4v) is 2.99. The number of benzene rings is 2. The Balaban J connectivity index is 2.34. The van der Waals surface area contributed by atoms with Crippen molar-refractivity contribution in [2.24, 2.45) is 5.84 Å². The summed E-state index contributed by atoms with van der Waals surface area (Å²) in [5, 5.41) is 1.72. The van der Waals surface area contributed by atoms with Gasteiger partial charge in [-0.2, -0.15) is 0 Å². The molecule has 0 saturated heterocycles. The molecule has 0 spiro atoms. The summed E-state index contributed by atoms with van der Waals surface area (Å²) in [7, 11) is 0. The molecule has 20 heavy (non-hydrogen) atoms. The van der Waals surface area contributed by atoms with E-state index in [0.717, 1.165) is 15.6 Å². The highest BCUT2D eigenvalue weighted by molar-refractivity contribution is 9.10. The molecule has 0 aliphatic carbocycles. The van der Waals surface area contributed by atoms with Gasteiger partial charge in [0.1, 0.15) is 0 Å². The van der Waals surface area contributed by atoms with E-state index in [0.29, 0.717) is 21.5 Å². The number of rotatable bonds is 4. The average Bonchev–Trinajstić information content (AvgIpc) is 2.43. The van der Waals surface area contributed by atoms with Crippen molar-refractivity contribution < 1.29 is 0 Å². The second-order valence-corrected chi connectivity index (χ2v) is 6.41. The second-order valence-electron chi connectivity index (χ2n) is 4.30. The fourth-order valence-electron chi connectivity index (χ4n) is 1.97. The van der Waals surface area contributed by atoms with Crippen LogP contribution in [0.25, 0.3) is 0 Å². The van der Waals surface area contributed by atoms with Gasteiger partial charge in [0.25, 0.3) is 0 Å². The number of hydrazine groups is 1. The minimum absolute atomic E-state index is 0.157. The molecule has 1 unspecified atom stereocenters. The zero-order chi connectivity index (χ0) is 14.7. The van der Waals surface area contributed by atoms with Crippen LogP contribution in [0, 0.1) is 0 Å². The molecule has 0 radical (unpaired) electrons. The summed E-state index contributed by atoms with van der Waals surface area (Å²) < 4.78 is 0.939. The molecular weight excluding hydrogens is 382 g/mol. The SMILES string of the molecule is NNC(Cc1cccc(Cl)c1Cl)c1cc(Br)ccc1Cl. The predicted molar refractivity (Wildman–Crippen MR) is 89.4 cm³/mol. The molecule has 2 aromatic rings. The smallest absolute Gasteiger partial charge is 0.0624 e. The summed E-state index contributed by atoms with van der Waals surface area (Å²) in [6.07, 6.45) is 0.589. The highest BCUT2D eigenvalue weighted by Crippen LogP contribution is 2.32. The van der Waals surface area contributed by atoms with E-state index < -0.39 is 0 Å². The lowest BCUT2D eigenvalue weighted by Crippen LogP contribution is -2.30. The quantitative estimate of drug-likeness (QED) is 0.555. The Hall–Kier alpha value is -0.290. The maximum Gasteiger partial charge on any atom is 0.0624 e. The van der Waals surface area contributed by atoms with Gasteiger partial charge in [0.2, 0.25) is 0 Å². The molecule has 0 saturated carbocycles. The van der Waals surface area contributed by atoms with E-state index in [1.54, 1.807) is 6.07 Å². The van der Waals surface area contributed by atoms with Crippen molar-refractivity contribution >= 4 is 50.7 Å². The third-order valence-corrected chi connectivity index (χ3v) is 4.69.